The molecule has 0 amide bonds. The van der Waals surface area contributed by atoms with Crippen LogP contribution in [0.25, 0.3) is 11.1 Å². The number of fused-ring (bicyclic) bond motifs is 1. The summed E-state index contributed by atoms with van der Waals surface area (Å²) in [4.78, 5) is 13.6. The number of oxazole rings is 1. The van der Waals surface area contributed by atoms with Gasteiger partial charge >= 0.3 is 5.76 Å². The molecule has 0 aliphatic carbocycles. The van der Waals surface area contributed by atoms with E-state index in [-0.39, 0.29) is 5.56 Å². The van der Waals surface area contributed by atoms with Crippen molar-refractivity contribution in [1.29, 1.82) is 5.26 Å². The smallest absolute Gasteiger partial charge is 0.408 e. The molecule has 0 saturated heterocycles. The maximum absolute atomic E-state index is 13.2. The quantitative estimate of drug-likeness (QED) is 0.774. The molecule has 0 unspecified atom stereocenters. The lowest BCUT2D eigenvalue weighted by atomic mass is 10.1. The van der Waals surface area contributed by atoms with Crippen LogP contribution in [0, 0.1) is 17.1 Å². The molecule has 104 valence electrons. The summed E-state index contributed by atoms with van der Waals surface area (Å²) in [6.07, 6.45) is 0. The number of benzene rings is 2. The highest BCUT2D eigenvalue weighted by Crippen LogP contribution is 2.17. The first kappa shape index (κ1) is 12.9. The van der Waals surface area contributed by atoms with Crippen LogP contribution in [0.4, 0.5) is 10.1 Å². The van der Waals surface area contributed by atoms with Crippen molar-refractivity contribution in [3.05, 3.63) is 63.9 Å². The third kappa shape index (κ3) is 2.62. The van der Waals surface area contributed by atoms with Gasteiger partial charge < -0.3 is 9.73 Å². The van der Waals surface area contributed by atoms with E-state index in [1.165, 1.54) is 12.1 Å². The predicted octanol–water partition coefficient (Wildman–Crippen LogP) is 2.74. The lowest BCUT2D eigenvalue weighted by Gasteiger charge is -2.07. The number of hydrogen-bond acceptors (Lipinski definition) is 4. The van der Waals surface area contributed by atoms with Gasteiger partial charge in [0.1, 0.15) is 11.9 Å². The molecule has 2 aromatic carbocycles. The van der Waals surface area contributed by atoms with Gasteiger partial charge in [0, 0.05) is 12.2 Å². The molecule has 1 heterocycles. The zero-order chi connectivity index (χ0) is 14.8. The largest absolute Gasteiger partial charge is 0.417 e. The zero-order valence-electron chi connectivity index (χ0n) is 10.8. The van der Waals surface area contributed by atoms with Crippen molar-refractivity contribution in [3.63, 3.8) is 0 Å². The van der Waals surface area contributed by atoms with Crippen LogP contribution in [0.3, 0.4) is 0 Å². The standard InChI is InChI=1S/C15H10FN3O2/c16-12-3-1-9(5-10(12)7-17)8-18-11-2-4-14-13(6-11)19-15(20)21-14/h1-6,18H,8H2,(H,19,20). The first-order valence-electron chi connectivity index (χ1n) is 6.21. The fraction of sp³-hybridized carbons (Fsp3) is 0.0667. The summed E-state index contributed by atoms with van der Waals surface area (Å²) in [5.74, 6) is -1.03. The Kier molecular flexibility index (Phi) is 3.16. The van der Waals surface area contributed by atoms with Crippen LogP contribution >= 0.6 is 0 Å². The molecule has 0 radical (unpaired) electrons. The van der Waals surface area contributed by atoms with Crippen LogP contribution in [0.1, 0.15) is 11.1 Å². The maximum Gasteiger partial charge on any atom is 0.417 e. The zero-order valence-corrected chi connectivity index (χ0v) is 10.8. The van der Waals surface area contributed by atoms with Crippen molar-refractivity contribution in [2.75, 3.05) is 5.32 Å². The molecule has 0 aliphatic rings. The van der Waals surface area contributed by atoms with E-state index >= 15 is 0 Å². The Morgan fingerprint density at radius 3 is 2.95 bits per heavy atom. The van der Waals surface area contributed by atoms with Gasteiger partial charge in [-0.25, -0.2) is 9.18 Å². The number of nitriles is 1. The first-order valence-corrected chi connectivity index (χ1v) is 6.21. The number of aromatic nitrogens is 1. The summed E-state index contributed by atoms with van der Waals surface area (Å²) >= 11 is 0. The van der Waals surface area contributed by atoms with Gasteiger partial charge in [-0.3, -0.25) is 4.98 Å². The monoisotopic (exact) mass is 283 g/mol. The van der Waals surface area contributed by atoms with Gasteiger partial charge in [-0.1, -0.05) is 6.07 Å². The fourth-order valence-electron chi connectivity index (χ4n) is 2.03. The number of nitrogens with one attached hydrogen (secondary N) is 2. The average Bonchev–Trinajstić information content (AvgIpc) is 2.85. The lowest BCUT2D eigenvalue weighted by Crippen LogP contribution is -2.00. The molecular weight excluding hydrogens is 273 g/mol. The van der Waals surface area contributed by atoms with Gasteiger partial charge in [-0.2, -0.15) is 5.26 Å². The summed E-state index contributed by atoms with van der Waals surface area (Å²) in [6, 6.07) is 11.4. The lowest BCUT2D eigenvalue weighted by molar-refractivity contribution is 0.555. The van der Waals surface area contributed by atoms with E-state index in [9.17, 15) is 9.18 Å². The molecule has 6 heteroatoms. The van der Waals surface area contributed by atoms with Gasteiger partial charge in [0.25, 0.3) is 0 Å². The number of anilines is 1. The molecule has 3 rings (SSSR count). The van der Waals surface area contributed by atoms with E-state index < -0.39 is 11.6 Å². The van der Waals surface area contributed by atoms with Gasteiger partial charge in [0.05, 0.1) is 11.1 Å². The van der Waals surface area contributed by atoms with Crippen molar-refractivity contribution in [2.45, 2.75) is 6.54 Å². The molecule has 21 heavy (non-hydrogen) atoms. The number of nitrogens with zero attached hydrogens (tertiary/aromatic N) is 1. The van der Waals surface area contributed by atoms with Crippen molar-refractivity contribution in [1.82, 2.24) is 4.98 Å². The Morgan fingerprint density at radius 2 is 2.14 bits per heavy atom. The van der Waals surface area contributed by atoms with Gasteiger partial charge in [0.2, 0.25) is 0 Å². The summed E-state index contributed by atoms with van der Waals surface area (Å²) in [5.41, 5.74) is 2.67. The Morgan fingerprint density at radius 1 is 1.29 bits per heavy atom. The highest BCUT2D eigenvalue weighted by atomic mass is 19.1. The molecule has 0 aliphatic heterocycles. The van der Waals surface area contributed by atoms with Gasteiger partial charge in [0.15, 0.2) is 5.58 Å². The molecular formula is C15H10FN3O2. The van der Waals surface area contributed by atoms with E-state index in [0.29, 0.717) is 17.6 Å². The number of halogens is 1. The summed E-state index contributed by atoms with van der Waals surface area (Å²) in [6.45, 7) is 0.433. The van der Waals surface area contributed by atoms with Crippen molar-refractivity contribution in [2.24, 2.45) is 0 Å². The van der Waals surface area contributed by atoms with E-state index in [1.807, 2.05) is 0 Å². The van der Waals surface area contributed by atoms with Crippen LogP contribution in [0.2, 0.25) is 0 Å². The second-order valence-electron chi connectivity index (χ2n) is 4.51. The molecule has 0 fully saturated rings. The molecule has 0 saturated carbocycles. The molecule has 0 atom stereocenters. The first-order chi connectivity index (χ1) is 10.2. The second-order valence-corrected chi connectivity index (χ2v) is 4.51. The van der Waals surface area contributed by atoms with Crippen molar-refractivity contribution < 1.29 is 8.81 Å². The molecule has 0 bridgehead atoms. The van der Waals surface area contributed by atoms with Gasteiger partial charge in [-0.05, 0) is 35.9 Å². The number of hydrogen-bond donors (Lipinski definition) is 2. The minimum absolute atomic E-state index is 0.0175. The van der Waals surface area contributed by atoms with E-state index in [1.54, 1.807) is 30.3 Å². The average molecular weight is 283 g/mol. The number of H-pyrrole nitrogens is 1. The third-order valence-corrected chi connectivity index (χ3v) is 3.07. The molecule has 5 nitrogen and oxygen atoms in total. The highest BCUT2D eigenvalue weighted by Gasteiger charge is 2.04. The Balaban J connectivity index is 1.80. The minimum Gasteiger partial charge on any atom is -0.408 e. The van der Waals surface area contributed by atoms with Crippen LogP contribution in [-0.2, 0) is 6.54 Å². The molecule has 2 N–H and O–H groups in total. The molecule has 3 aromatic rings. The minimum atomic E-state index is -0.529. The van der Waals surface area contributed by atoms with E-state index in [2.05, 4.69) is 10.3 Å². The second kappa shape index (κ2) is 5.13. The predicted molar refractivity (Wildman–Crippen MR) is 75.3 cm³/mol. The summed E-state index contributed by atoms with van der Waals surface area (Å²) in [7, 11) is 0. The Labute approximate surface area is 118 Å². The van der Waals surface area contributed by atoms with Crippen molar-refractivity contribution in [3.8, 4) is 6.07 Å². The van der Waals surface area contributed by atoms with Crippen LogP contribution < -0.4 is 11.1 Å². The third-order valence-electron chi connectivity index (χ3n) is 3.07. The molecule has 1 aromatic heterocycles. The number of aromatic amines is 1. The van der Waals surface area contributed by atoms with Crippen LogP contribution in [-0.4, -0.2) is 4.98 Å². The molecule has 0 spiro atoms. The Hall–Kier alpha value is -3.07. The normalized spacial score (nSPS) is 10.5. The summed E-state index contributed by atoms with van der Waals surface area (Å²) < 4.78 is 18.1. The van der Waals surface area contributed by atoms with Crippen LogP contribution in [0.15, 0.2) is 45.6 Å². The topological polar surface area (TPSA) is 81.8 Å². The Bertz CT molecular complexity index is 905. The SMILES string of the molecule is N#Cc1cc(CNc2ccc3oc(=O)[nH]c3c2)ccc1F. The van der Waals surface area contributed by atoms with E-state index in [4.69, 9.17) is 9.68 Å². The fourth-order valence-corrected chi connectivity index (χ4v) is 2.03. The highest BCUT2D eigenvalue weighted by molar-refractivity contribution is 5.76. The van der Waals surface area contributed by atoms with Crippen molar-refractivity contribution >= 4 is 16.8 Å². The van der Waals surface area contributed by atoms with Gasteiger partial charge in [-0.15, -0.1) is 0 Å². The maximum atomic E-state index is 13.2. The van der Waals surface area contributed by atoms with Crippen LogP contribution in [0.5, 0.6) is 0 Å². The van der Waals surface area contributed by atoms with E-state index in [0.717, 1.165) is 11.3 Å². The number of rotatable bonds is 3. The summed E-state index contributed by atoms with van der Waals surface area (Å²) in [5, 5.41) is 11.9.